The van der Waals surface area contributed by atoms with Crippen molar-refractivity contribution >= 4 is 25.6 Å². The summed E-state index contributed by atoms with van der Waals surface area (Å²) in [4.78, 5) is 56.5. The van der Waals surface area contributed by atoms with Crippen LogP contribution in [-0.2, 0) is 41.7 Å². The van der Waals surface area contributed by atoms with Gasteiger partial charge in [0.25, 0.3) is 0 Å². The van der Waals surface area contributed by atoms with E-state index in [1.807, 2.05) is 0 Å². The lowest BCUT2D eigenvalue weighted by Gasteiger charge is -2.36. The molecule has 1 aromatic carbocycles. The van der Waals surface area contributed by atoms with E-state index in [9.17, 15) is 0 Å². The van der Waals surface area contributed by atoms with Gasteiger partial charge in [-0.05, 0) is 147 Å². The SMILES string of the molecule is CCCCCC(CCN1CCCCC1)NC.CCCCC[C@@H](N)CCN1CCCCC1.CCN1Cc2ccccc2CC1CCC(N)CCCCB(O)O.O=C=O.O=C=O.O=C=O. The summed E-state index contributed by atoms with van der Waals surface area (Å²) in [5.41, 5.74) is 15.3. The summed E-state index contributed by atoms with van der Waals surface area (Å²) in [6.07, 6.45) is 29.0. The zero-order chi connectivity index (χ0) is 47.4. The van der Waals surface area contributed by atoms with Crippen molar-refractivity contribution in [3.63, 3.8) is 0 Å². The van der Waals surface area contributed by atoms with E-state index in [2.05, 4.69) is 72.1 Å². The third kappa shape index (κ3) is 37.1. The number of fused-ring (bicyclic) bond motifs is 1. The minimum atomic E-state index is -1.17. The van der Waals surface area contributed by atoms with Crippen molar-refractivity contribution in [3.05, 3.63) is 35.4 Å². The Balaban J connectivity index is 0. The first kappa shape index (κ1) is 62.2. The van der Waals surface area contributed by atoms with Gasteiger partial charge in [-0.2, -0.15) is 28.8 Å². The predicted octanol–water partition coefficient (Wildman–Crippen LogP) is 6.23. The number of hydrogen-bond donors (Lipinski definition) is 5. The number of likely N-dealkylation sites (N-methyl/N-ethyl adjacent to an activating group) is 1. The van der Waals surface area contributed by atoms with E-state index in [-0.39, 0.29) is 24.5 Å². The van der Waals surface area contributed by atoms with Gasteiger partial charge >= 0.3 is 25.6 Å². The van der Waals surface area contributed by atoms with Gasteiger partial charge in [-0.15, -0.1) is 0 Å². The zero-order valence-corrected chi connectivity index (χ0v) is 40.0. The zero-order valence-electron chi connectivity index (χ0n) is 40.0. The van der Waals surface area contributed by atoms with E-state index in [4.69, 9.17) is 50.3 Å². The van der Waals surface area contributed by atoms with Crippen LogP contribution in [0.4, 0.5) is 0 Å². The summed E-state index contributed by atoms with van der Waals surface area (Å²) in [6.45, 7) is 16.7. The first-order valence-electron chi connectivity index (χ1n) is 24.3. The smallest absolute Gasteiger partial charge is 0.427 e. The number of likely N-dealkylation sites (tertiary alicyclic amines) is 2. The lowest BCUT2D eigenvalue weighted by molar-refractivity contribution is -0.193. The van der Waals surface area contributed by atoms with Crippen molar-refractivity contribution in [1.29, 1.82) is 0 Å². The fourth-order valence-electron chi connectivity index (χ4n) is 8.51. The number of nitrogens with zero attached hydrogens (tertiary/aromatic N) is 3. The Hall–Kier alpha value is -2.90. The monoisotopic (exact) mass is 889 g/mol. The van der Waals surface area contributed by atoms with Crippen LogP contribution in [0.15, 0.2) is 24.3 Å². The van der Waals surface area contributed by atoms with Crippen LogP contribution in [0.1, 0.15) is 167 Å². The topological polar surface area (TPSA) is 217 Å². The van der Waals surface area contributed by atoms with Gasteiger partial charge in [0.2, 0.25) is 0 Å². The molecule has 7 N–H and O–H groups in total. The summed E-state index contributed by atoms with van der Waals surface area (Å²) >= 11 is 0. The van der Waals surface area contributed by atoms with Crippen LogP contribution in [0.3, 0.4) is 0 Å². The van der Waals surface area contributed by atoms with Crippen molar-refractivity contribution in [2.45, 2.75) is 199 Å². The molecule has 0 amide bonds. The van der Waals surface area contributed by atoms with Crippen molar-refractivity contribution in [3.8, 4) is 0 Å². The highest BCUT2D eigenvalue weighted by molar-refractivity contribution is 6.40. The number of hydrogen-bond acceptors (Lipinski definition) is 14. The average Bonchev–Trinajstić information content (AvgIpc) is 3.29. The number of nitrogens with one attached hydrogen (secondary N) is 1. The average molecular weight is 889 g/mol. The van der Waals surface area contributed by atoms with Crippen LogP contribution in [0, 0.1) is 0 Å². The van der Waals surface area contributed by atoms with E-state index in [0.717, 1.165) is 57.7 Å². The molecule has 3 unspecified atom stereocenters. The molecule has 3 aliphatic heterocycles. The van der Waals surface area contributed by atoms with Crippen molar-refractivity contribution in [2.24, 2.45) is 11.5 Å². The van der Waals surface area contributed by atoms with Gasteiger partial charge in [0.05, 0.1) is 0 Å². The van der Waals surface area contributed by atoms with Crippen molar-refractivity contribution in [2.75, 3.05) is 52.9 Å². The van der Waals surface area contributed by atoms with Crippen LogP contribution in [-0.4, -0.2) is 127 Å². The lowest BCUT2D eigenvalue weighted by Crippen LogP contribution is -2.41. The van der Waals surface area contributed by atoms with Crippen LogP contribution in [0.25, 0.3) is 0 Å². The first-order valence-corrected chi connectivity index (χ1v) is 24.3. The van der Waals surface area contributed by atoms with E-state index in [0.29, 0.717) is 18.4 Å². The molecule has 3 heterocycles. The molecule has 0 spiro atoms. The Morgan fingerprint density at radius 2 is 1.11 bits per heavy atom. The van der Waals surface area contributed by atoms with Crippen molar-refractivity contribution in [1.82, 2.24) is 20.0 Å². The molecule has 0 saturated carbocycles. The maximum atomic E-state index is 8.85. The number of unbranched alkanes of at least 4 members (excludes halogenated alkanes) is 5. The number of benzene rings is 1. The normalized spacial score (nSPS) is 17.4. The second kappa shape index (κ2) is 45.7. The molecular formula is C48H89BN6O8. The highest BCUT2D eigenvalue weighted by Gasteiger charge is 2.25. The fourth-order valence-corrected chi connectivity index (χ4v) is 8.51. The molecule has 0 aliphatic carbocycles. The second-order valence-corrected chi connectivity index (χ2v) is 17.2. The molecule has 362 valence electrons. The molecule has 0 aromatic heterocycles. The Labute approximate surface area is 382 Å². The summed E-state index contributed by atoms with van der Waals surface area (Å²) in [5.74, 6) is 0. The minimum Gasteiger partial charge on any atom is -0.427 e. The predicted molar refractivity (Wildman–Crippen MR) is 250 cm³/mol. The molecule has 4 rings (SSSR count). The molecule has 14 nitrogen and oxygen atoms in total. The molecule has 2 saturated heterocycles. The van der Waals surface area contributed by atoms with Crippen molar-refractivity contribution < 1.29 is 38.8 Å². The van der Waals surface area contributed by atoms with E-state index in [1.165, 1.54) is 153 Å². The van der Waals surface area contributed by atoms with Crippen LogP contribution < -0.4 is 16.8 Å². The number of nitrogens with two attached hydrogens (primary N) is 2. The molecule has 15 heteroatoms. The molecule has 63 heavy (non-hydrogen) atoms. The summed E-state index contributed by atoms with van der Waals surface area (Å²) < 4.78 is 0. The molecule has 2 fully saturated rings. The standard InChI is InChI=1S/C18H31BN2O2.C14H30N2.C13H28N2.3CO2/c1-2-21-14-16-8-4-3-7-15(16)13-18(21)11-10-17(20)9-5-6-12-19(22)23;1-3-4-6-9-14(15-2)10-13-16-11-7-5-8-12-16;1-2-3-5-8-13(14)9-12-15-10-6-4-7-11-15;3*2-1-3/h3-4,7-8,17-18,22-23H,2,5-6,9-14,20H2,1H3;14-15H,3-13H2,1-2H3;13H,2-12,14H2,1H3;;;/t;;13-;;;/m..1.../s1. The highest BCUT2D eigenvalue weighted by atomic mass is 16.4. The lowest BCUT2D eigenvalue weighted by atomic mass is 9.83. The summed E-state index contributed by atoms with van der Waals surface area (Å²) in [6, 6.07) is 10.8. The molecule has 4 atom stereocenters. The van der Waals surface area contributed by atoms with Gasteiger partial charge in [-0.25, -0.2) is 0 Å². The maximum absolute atomic E-state index is 8.85. The Kier molecular flexibility index (Phi) is 45.1. The Morgan fingerprint density at radius 3 is 1.59 bits per heavy atom. The second-order valence-electron chi connectivity index (χ2n) is 17.2. The summed E-state index contributed by atoms with van der Waals surface area (Å²) in [5, 5.41) is 21.2. The molecule has 3 aliphatic rings. The molecule has 0 radical (unpaired) electrons. The van der Waals surface area contributed by atoms with Crippen LogP contribution >= 0.6 is 0 Å². The molecule has 0 bridgehead atoms. The van der Waals surface area contributed by atoms with E-state index < -0.39 is 7.12 Å². The molecular weight excluding hydrogens is 799 g/mol. The third-order valence-electron chi connectivity index (χ3n) is 12.3. The van der Waals surface area contributed by atoms with Gasteiger partial charge in [-0.1, -0.05) is 109 Å². The van der Waals surface area contributed by atoms with Gasteiger partial charge < -0.3 is 36.6 Å². The van der Waals surface area contributed by atoms with Gasteiger partial charge in [0.1, 0.15) is 0 Å². The quantitative estimate of drug-likeness (QED) is 0.0575. The largest absolute Gasteiger partial charge is 0.451 e. The third-order valence-corrected chi connectivity index (χ3v) is 12.3. The van der Waals surface area contributed by atoms with Crippen LogP contribution in [0.5, 0.6) is 0 Å². The van der Waals surface area contributed by atoms with Gasteiger partial charge in [0.15, 0.2) is 0 Å². The number of rotatable bonds is 24. The summed E-state index contributed by atoms with van der Waals surface area (Å²) in [7, 11) is 0.943. The van der Waals surface area contributed by atoms with Gasteiger partial charge in [0, 0.05) is 30.7 Å². The van der Waals surface area contributed by atoms with E-state index in [1.54, 1.807) is 0 Å². The minimum absolute atomic E-state index is 0.224. The maximum Gasteiger partial charge on any atom is 0.451 e. The van der Waals surface area contributed by atoms with E-state index >= 15 is 0 Å². The fraction of sp³-hybridized carbons (Fsp3) is 0.812. The highest BCUT2D eigenvalue weighted by Crippen LogP contribution is 2.26. The number of carbonyl (C=O) groups excluding carboxylic acids is 6. The Bertz CT molecular complexity index is 1240. The first-order chi connectivity index (χ1) is 30.5. The molecule has 1 aromatic rings. The van der Waals surface area contributed by atoms with Crippen LogP contribution in [0.2, 0.25) is 6.32 Å². The Morgan fingerprint density at radius 1 is 0.651 bits per heavy atom. The number of piperidine rings is 2. The van der Waals surface area contributed by atoms with Gasteiger partial charge in [-0.3, -0.25) is 4.90 Å².